The summed E-state index contributed by atoms with van der Waals surface area (Å²) in [4.78, 5) is 23.9. The predicted molar refractivity (Wildman–Crippen MR) is 110 cm³/mol. The van der Waals surface area contributed by atoms with Crippen LogP contribution in [0.3, 0.4) is 0 Å². The molecule has 2 aromatic carbocycles. The van der Waals surface area contributed by atoms with E-state index in [9.17, 15) is 9.59 Å². The highest BCUT2D eigenvalue weighted by Gasteiger charge is 2.08. The largest absolute Gasteiger partial charge is 0.492 e. The smallest absolute Gasteiger partial charge is 0.269 e. The van der Waals surface area contributed by atoms with Crippen LogP contribution in [-0.4, -0.2) is 24.7 Å². The molecular weight excluding hydrogens is 407 g/mol. The van der Waals surface area contributed by atoms with Crippen LogP contribution >= 0.6 is 35.0 Å². The summed E-state index contributed by atoms with van der Waals surface area (Å²) in [6.07, 6.45) is 2.68. The van der Waals surface area contributed by atoms with E-state index in [1.807, 2.05) is 24.5 Å². The van der Waals surface area contributed by atoms with Gasteiger partial charge in [-0.25, -0.2) is 0 Å². The normalized spacial score (nSPS) is 10.3. The number of amides is 2. The maximum absolute atomic E-state index is 12.1. The van der Waals surface area contributed by atoms with Gasteiger partial charge < -0.3 is 4.74 Å². The van der Waals surface area contributed by atoms with Gasteiger partial charge in [-0.05, 0) is 48.6 Å². The van der Waals surface area contributed by atoms with Crippen LogP contribution in [0.4, 0.5) is 0 Å². The van der Waals surface area contributed by atoms with Gasteiger partial charge in [0.25, 0.3) is 5.91 Å². The van der Waals surface area contributed by atoms with E-state index in [0.29, 0.717) is 34.4 Å². The second-order valence-corrected chi connectivity index (χ2v) is 7.37. The number of thioether (sulfide) groups is 1. The Morgan fingerprint density at radius 2 is 1.93 bits per heavy atom. The minimum atomic E-state index is -0.351. The number of hydrogen-bond donors (Lipinski definition) is 2. The summed E-state index contributed by atoms with van der Waals surface area (Å²) in [7, 11) is 0. The van der Waals surface area contributed by atoms with E-state index in [2.05, 4.69) is 10.9 Å². The molecule has 144 valence electrons. The van der Waals surface area contributed by atoms with Gasteiger partial charge >= 0.3 is 0 Å². The highest BCUT2D eigenvalue weighted by molar-refractivity contribution is 7.97. The van der Waals surface area contributed by atoms with Crippen LogP contribution in [0.1, 0.15) is 28.8 Å². The molecule has 0 saturated heterocycles. The lowest BCUT2D eigenvalue weighted by molar-refractivity contribution is -0.122. The van der Waals surface area contributed by atoms with Crippen molar-refractivity contribution in [3.63, 3.8) is 0 Å². The molecule has 2 amide bonds. The lowest BCUT2D eigenvalue weighted by atomic mass is 10.1. The molecule has 0 aromatic heterocycles. The summed E-state index contributed by atoms with van der Waals surface area (Å²) in [6.45, 7) is 0.319. The first-order valence-corrected chi connectivity index (χ1v) is 10.4. The van der Waals surface area contributed by atoms with Crippen molar-refractivity contribution in [2.45, 2.75) is 18.6 Å². The van der Waals surface area contributed by atoms with Crippen molar-refractivity contribution >= 4 is 46.8 Å². The summed E-state index contributed by atoms with van der Waals surface area (Å²) in [5, 5.41) is 0.948. The van der Waals surface area contributed by atoms with Gasteiger partial charge in [0, 0.05) is 22.8 Å². The fraction of sp³-hybridized carbons (Fsp3) is 0.263. The van der Waals surface area contributed by atoms with Gasteiger partial charge in [0.15, 0.2) is 0 Å². The molecule has 2 aromatic rings. The molecule has 2 N–H and O–H groups in total. The minimum Gasteiger partial charge on any atom is -0.492 e. The number of rotatable bonds is 8. The van der Waals surface area contributed by atoms with Crippen molar-refractivity contribution in [2.75, 3.05) is 12.9 Å². The molecule has 5 nitrogen and oxygen atoms in total. The SMILES string of the molecule is CSCc1cccc(C(=O)NNC(=O)CCCOc2ccc(Cl)cc2Cl)c1. The zero-order chi connectivity index (χ0) is 19.6. The number of benzene rings is 2. The standard InChI is InChI=1S/C19H20Cl2N2O3S/c1-27-12-13-4-2-5-14(10-13)19(25)23-22-18(24)6-3-9-26-17-8-7-15(20)11-16(17)21/h2,4-5,7-8,10-11H,3,6,9,12H2,1H3,(H,22,24)(H,23,25). The molecule has 0 heterocycles. The van der Waals surface area contributed by atoms with Crippen LogP contribution in [0.25, 0.3) is 0 Å². The molecular formula is C19H20Cl2N2O3S. The number of hydrazine groups is 1. The second-order valence-electron chi connectivity index (χ2n) is 5.66. The third-order valence-corrected chi connectivity index (χ3v) is 4.67. The lowest BCUT2D eigenvalue weighted by Crippen LogP contribution is -2.41. The third-order valence-electron chi connectivity index (χ3n) is 3.52. The van der Waals surface area contributed by atoms with Crippen molar-refractivity contribution < 1.29 is 14.3 Å². The molecule has 0 atom stereocenters. The van der Waals surface area contributed by atoms with E-state index in [0.717, 1.165) is 11.3 Å². The number of hydrogen-bond acceptors (Lipinski definition) is 4. The van der Waals surface area contributed by atoms with Crippen molar-refractivity contribution in [1.82, 2.24) is 10.9 Å². The van der Waals surface area contributed by atoms with E-state index >= 15 is 0 Å². The van der Waals surface area contributed by atoms with Crippen LogP contribution in [0.2, 0.25) is 10.0 Å². The Morgan fingerprint density at radius 3 is 2.67 bits per heavy atom. The van der Waals surface area contributed by atoms with Crippen LogP contribution in [0.5, 0.6) is 5.75 Å². The summed E-state index contributed by atoms with van der Waals surface area (Å²) in [6, 6.07) is 12.2. The van der Waals surface area contributed by atoms with Crippen molar-refractivity contribution in [1.29, 1.82) is 0 Å². The highest BCUT2D eigenvalue weighted by Crippen LogP contribution is 2.27. The van der Waals surface area contributed by atoms with Gasteiger partial charge in [0.05, 0.1) is 11.6 Å². The number of ether oxygens (including phenoxy) is 1. The second kappa shape index (κ2) is 11.1. The Kier molecular flexibility index (Phi) is 8.78. The number of carbonyl (C=O) groups is 2. The molecule has 0 saturated carbocycles. The zero-order valence-corrected chi connectivity index (χ0v) is 17.1. The minimum absolute atomic E-state index is 0.206. The van der Waals surface area contributed by atoms with Crippen molar-refractivity contribution in [3.05, 3.63) is 63.6 Å². The Bertz CT molecular complexity index is 802. The Hall–Kier alpha value is -1.89. The maximum Gasteiger partial charge on any atom is 0.269 e. The Morgan fingerprint density at radius 1 is 1.11 bits per heavy atom. The summed E-state index contributed by atoms with van der Waals surface area (Å²) >= 11 is 13.5. The average Bonchev–Trinajstić information content (AvgIpc) is 2.65. The van der Waals surface area contributed by atoms with Gasteiger partial charge in [-0.1, -0.05) is 35.3 Å². The first kappa shape index (κ1) is 21.4. The lowest BCUT2D eigenvalue weighted by Gasteiger charge is -2.10. The summed E-state index contributed by atoms with van der Waals surface area (Å²) in [5.41, 5.74) is 6.38. The molecule has 0 aliphatic rings. The van der Waals surface area contributed by atoms with Crippen LogP contribution < -0.4 is 15.6 Å². The Balaban J connectivity index is 1.69. The number of carbonyl (C=O) groups excluding carboxylic acids is 2. The molecule has 2 rings (SSSR count). The molecule has 0 radical (unpaired) electrons. The summed E-state index contributed by atoms with van der Waals surface area (Å²) in [5.74, 6) is 0.690. The Labute approximate surface area is 172 Å². The molecule has 0 spiro atoms. The number of nitrogens with one attached hydrogen (secondary N) is 2. The van der Waals surface area contributed by atoms with Gasteiger partial charge in [-0.2, -0.15) is 11.8 Å². The van der Waals surface area contributed by atoms with E-state index in [1.54, 1.807) is 36.0 Å². The van der Waals surface area contributed by atoms with E-state index in [1.165, 1.54) is 0 Å². The maximum atomic E-state index is 12.1. The fourth-order valence-corrected chi connectivity index (χ4v) is 3.21. The molecule has 0 aliphatic heterocycles. The van der Waals surface area contributed by atoms with Crippen LogP contribution in [-0.2, 0) is 10.5 Å². The molecule has 27 heavy (non-hydrogen) atoms. The highest BCUT2D eigenvalue weighted by atomic mass is 35.5. The third kappa shape index (κ3) is 7.33. The fourth-order valence-electron chi connectivity index (χ4n) is 2.24. The zero-order valence-electron chi connectivity index (χ0n) is 14.8. The van der Waals surface area contributed by atoms with E-state index in [-0.39, 0.29) is 18.2 Å². The average molecular weight is 427 g/mol. The number of halogens is 2. The van der Waals surface area contributed by atoms with Gasteiger partial charge in [-0.3, -0.25) is 20.4 Å². The molecule has 0 bridgehead atoms. The molecule has 8 heteroatoms. The van der Waals surface area contributed by atoms with Crippen LogP contribution in [0, 0.1) is 0 Å². The predicted octanol–water partition coefficient (Wildman–Crippen LogP) is 4.48. The van der Waals surface area contributed by atoms with Crippen LogP contribution in [0.15, 0.2) is 42.5 Å². The van der Waals surface area contributed by atoms with E-state index in [4.69, 9.17) is 27.9 Å². The topological polar surface area (TPSA) is 67.4 Å². The monoisotopic (exact) mass is 426 g/mol. The molecule has 0 fully saturated rings. The van der Waals surface area contributed by atoms with Crippen molar-refractivity contribution in [3.8, 4) is 5.75 Å². The molecule has 0 unspecified atom stereocenters. The van der Waals surface area contributed by atoms with Gasteiger partial charge in [0.1, 0.15) is 5.75 Å². The first-order chi connectivity index (χ1) is 13.0. The summed E-state index contributed by atoms with van der Waals surface area (Å²) < 4.78 is 5.51. The van der Waals surface area contributed by atoms with Crippen molar-refractivity contribution in [2.24, 2.45) is 0 Å². The van der Waals surface area contributed by atoms with E-state index < -0.39 is 0 Å². The first-order valence-electron chi connectivity index (χ1n) is 8.24. The quantitative estimate of drug-likeness (QED) is 0.482. The van der Waals surface area contributed by atoms with Gasteiger partial charge in [0.2, 0.25) is 5.91 Å². The molecule has 0 aliphatic carbocycles. The van der Waals surface area contributed by atoms with Gasteiger partial charge in [-0.15, -0.1) is 0 Å².